The first-order valence-corrected chi connectivity index (χ1v) is 6.30. The Morgan fingerprint density at radius 2 is 1.84 bits per heavy atom. The van der Waals surface area contributed by atoms with Gasteiger partial charge in [0.1, 0.15) is 11.5 Å². The lowest BCUT2D eigenvalue weighted by atomic mass is 9.92. The highest BCUT2D eigenvalue weighted by molar-refractivity contribution is 5.93. The van der Waals surface area contributed by atoms with E-state index in [1.54, 1.807) is 20.3 Å². The van der Waals surface area contributed by atoms with E-state index in [1.807, 2.05) is 33.8 Å². The maximum atomic E-state index is 12.0. The van der Waals surface area contributed by atoms with Gasteiger partial charge in [0, 0.05) is 12.0 Å². The van der Waals surface area contributed by atoms with Gasteiger partial charge in [0.2, 0.25) is 5.91 Å². The first-order chi connectivity index (χ1) is 8.78. The fraction of sp³-hybridized carbons (Fsp3) is 0.533. The van der Waals surface area contributed by atoms with E-state index in [-0.39, 0.29) is 11.3 Å². The van der Waals surface area contributed by atoms with E-state index in [9.17, 15) is 4.79 Å². The maximum Gasteiger partial charge on any atom is 0.224 e. The lowest BCUT2D eigenvalue weighted by molar-refractivity contribution is -0.117. The molecular formula is C15H23NO3. The molecule has 4 nitrogen and oxygen atoms in total. The van der Waals surface area contributed by atoms with Crippen molar-refractivity contribution in [2.45, 2.75) is 34.1 Å². The number of rotatable bonds is 4. The van der Waals surface area contributed by atoms with Crippen LogP contribution in [0.3, 0.4) is 0 Å². The summed E-state index contributed by atoms with van der Waals surface area (Å²) in [5, 5.41) is 2.89. The first-order valence-electron chi connectivity index (χ1n) is 6.30. The molecule has 0 atom stereocenters. The van der Waals surface area contributed by atoms with Gasteiger partial charge in [-0.1, -0.05) is 20.8 Å². The summed E-state index contributed by atoms with van der Waals surface area (Å²) < 4.78 is 10.6. The summed E-state index contributed by atoms with van der Waals surface area (Å²) in [7, 11) is 3.20. The molecule has 0 aromatic heterocycles. The molecule has 1 amide bonds. The first kappa shape index (κ1) is 15.3. The Labute approximate surface area is 115 Å². The minimum absolute atomic E-state index is 0.0182. The van der Waals surface area contributed by atoms with Crippen molar-refractivity contribution < 1.29 is 14.3 Å². The fourth-order valence-electron chi connectivity index (χ4n) is 1.93. The molecule has 0 aliphatic carbocycles. The van der Waals surface area contributed by atoms with Crippen LogP contribution in [0.2, 0.25) is 0 Å². The van der Waals surface area contributed by atoms with Crippen molar-refractivity contribution >= 4 is 11.6 Å². The molecule has 1 rings (SSSR count). The van der Waals surface area contributed by atoms with Crippen LogP contribution in [0, 0.1) is 12.3 Å². The van der Waals surface area contributed by atoms with E-state index in [2.05, 4.69) is 5.32 Å². The van der Waals surface area contributed by atoms with Crippen LogP contribution < -0.4 is 14.8 Å². The van der Waals surface area contributed by atoms with E-state index in [0.717, 1.165) is 11.3 Å². The average molecular weight is 265 g/mol. The van der Waals surface area contributed by atoms with Gasteiger partial charge in [-0.2, -0.15) is 0 Å². The number of hydrogen-bond acceptors (Lipinski definition) is 3. The number of carbonyl (C=O) groups excluding carboxylic acids is 1. The van der Waals surface area contributed by atoms with Crippen LogP contribution in [0.5, 0.6) is 11.5 Å². The van der Waals surface area contributed by atoms with E-state index in [4.69, 9.17) is 9.47 Å². The quantitative estimate of drug-likeness (QED) is 0.907. The molecule has 0 unspecified atom stereocenters. The van der Waals surface area contributed by atoms with Crippen LogP contribution >= 0.6 is 0 Å². The second-order valence-electron chi connectivity index (χ2n) is 5.76. The van der Waals surface area contributed by atoms with Crippen molar-refractivity contribution in [3.05, 3.63) is 17.7 Å². The summed E-state index contributed by atoms with van der Waals surface area (Å²) in [5.74, 6) is 1.36. The number of nitrogens with one attached hydrogen (secondary N) is 1. The second kappa shape index (κ2) is 5.95. The molecule has 4 heteroatoms. The molecular weight excluding hydrogens is 242 g/mol. The Balaban J connectivity index is 2.96. The number of carbonyl (C=O) groups is 1. The Bertz CT molecular complexity index is 461. The van der Waals surface area contributed by atoms with Gasteiger partial charge < -0.3 is 14.8 Å². The third-order valence-corrected chi connectivity index (χ3v) is 2.75. The molecule has 0 saturated heterocycles. The molecule has 0 aliphatic rings. The van der Waals surface area contributed by atoms with Gasteiger partial charge in [0.05, 0.1) is 19.9 Å². The van der Waals surface area contributed by atoms with Crippen LogP contribution in [0.1, 0.15) is 32.8 Å². The lowest BCUT2D eigenvalue weighted by Crippen LogP contribution is -2.20. The van der Waals surface area contributed by atoms with Crippen LogP contribution in [0.15, 0.2) is 12.1 Å². The predicted octanol–water partition coefficient (Wildman–Crippen LogP) is 3.39. The number of anilines is 1. The predicted molar refractivity (Wildman–Crippen MR) is 77.0 cm³/mol. The smallest absolute Gasteiger partial charge is 0.224 e. The Morgan fingerprint density at radius 3 is 2.32 bits per heavy atom. The van der Waals surface area contributed by atoms with Crippen molar-refractivity contribution in [1.29, 1.82) is 0 Å². The standard InChI is InChI=1S/C15H23NO3/c1-10-12(18-5)8-7-11(14(10)19-6)16-13(17)9-15(2,3)4/h7-8H,9H2,1-6H3,(H,16,17). The summed E-state index contributed by atoms with van der Waals surface area (Å²) >= 11 is 0. The lowest BCUT2D eigenvalue weighted by Gasteiger charge is -2.19. The van der Waals surface area contributed by atoms with Gasteiger partial charge in [0.15, 0.2) is 0 Å². The van der Waals surface area contributed by atoms with Crippen LogP contribution in [-0.2, 0) is 4.79 Å². The molecule has 0 radical (unpaired) electrons. The Hall–Kier alpha value is -1.71. The molecule has 0 aliphatic heterocycles. The summed E-state index contributed by atoms with van der Waals surface area (Å²) in [6.45, 7) is 7.99. The van der Waals surface area contributed by atoms with E-state index in [1.165, 1.54) is 0 Å². The van der Waals surface area contributed by atoms with Crippen LogP contribution in [-0.4, -0.2) is 20.1 Å². The minimum Gasteiger partial charge on any atom is -0.496 e. The van der Waals surface area contributed by atoms with Crippen molar-refractivity contribution in [3.8, 4) is 11.5 Å². The van der Waals surface area contributed by atoms with Crippen molar-refractivity contribution in [3.63, 3.8) is 0 Å². The molecule has 106 valence electrons. The summed E-state index contributed by atoms with van der Waals surface area (Å²) in [5.41, 5.74) is 1.51. The van der Waals surface area contributed by atoms with Crippen molar-refractivity contribution in [2.75, 3.05) is 19.5 Å². The maximum absolute atomic E-state index is 12.0. The molecule has 1 aromatic rings. The molecule has 0 fully saturated rings. The fourth-order valence-corrected chi connectivity index (χ4v) is 1.93. The van der Waals surface area contributed by atoms with Crippen LogP contribution in [0.25, 0.3) is 0 Å². The number of methoxy groups -OCH3 is 2. The molecule has 1 aromatic carbocycles. The van der Waals surface area contributed by atoms with Gasteiger partial charge in [0.25, 0.3) is 0 Å². The number of hydrogen-bond donors (Lipinski definition) is 1. The van der Waals surface area contributed by atoms with Gasteiger partial charge >= 0.3 is 0 Å². The normalized spacial score (nSPS) is 11.1. The largest absolute Gasteiger partial charge is 0.496 e. The molecule has 0 bridgehead atoms. The van der Waals surface area contributed by atoms with Crippen LogP contribution in [0.4, 0.5) is 5.69 Å². The van der Waals surface area contributed by atoms with Gasteiger partial charge in [-0.3, -0.25) is 4.79 Å². The SMILES string of the molecule is COc1ccc(NC(=O)CC(C)(C)C)c(OC)c1C. The monoisotopic (exact) mass is 265 g/mol. The highest BCUT2D eigenvalue weighted by Crippen LogP contribution is 2.35. The molecule has 0 heterocycles. The minimum atomic E-state index is -0.0428. The van der Waals surface area contributed by atoms with Gasteiger partial charge in [-0.05, 0) is 24.5 Å². The third kappa shape index (κ3) is 4.16. The molecule has 0 spiro atoms. The van der Waals surface area contributed by atoms with Gasteiger partial charge in [-0.25, -0.2) is 0 Å². The molecule has 19 heavy (non-hydrogen) atoms. The highest BCUT2D eigenvalue weighted by atomic mass is 16.5. The van der Waals surface area contributed by atoms with E-state index < -0.39 is 0 Å². The molecule has 1 N–H and O–H groups in total. The van der Waals surface area contributed by atoms with E-state index in [0.29, 0.717) is 17.9 Å². The second-order valence-corrected chi connectivity index (χ2v) is 5.76. The third-order valence-electron chi connectivity index (χ3n) is 2.75. The van der Waals surface area contributed by atoms with E-state index >= 15 is 0 Å². The molecule has 0 saturated carbocycles. The zero-order valence-electron chi connectivity index (χ0n) is 12.6. The Kier molecular flexibility index (Phi) is 4.81. The average Bonchev–Trinajstić information content (AvgIpc) is 2.27. The number of benzene rings is 1. The number of amides is 1. The van der Waals surface area contributed by atoms with Crippen molar-refractivity contribution in [1.82, 2.24) is 0 Å². The zero-order chi connectivity index (χ0) is 14.6. The summed E-state index contributed by atoms with van der Waals surface area (Å²) in [4.78, 5) is 12.0. The topological polar surface area (TPSA) is 47.6 Å². The number of ether oxygens (including phenoxy) is 2. The summed E-state index contributed by atoms with van der Waals surface area (Å²) in [6.07, 6.45) is 0.460. The van der Waals surface area contributed by atoms with Crippen molar-refractivity contribution in [2.24, 2.45) is 5.41 Å². The summed E-state index contributed by atoms with van der Waals surface area (Å²) in [6, 6.07) is 3.62. The zero-order valence-corrected chi connectivity index (χ0v) is 12.6. The van der Waals surface area contributed by atoms with Gasteiger partial charge in [-0.15, -0.1) is 0 Å². The highest BCUT2D eigenvalue weighted by Gasteiger charge is 2.18. The Morgan fingerprint density at radius 1 is 1.21 bits per heavy atom.